The van der Waals surface area contributed by atoms with Crippen molar-refractivity contribution in [1.82, 2.24) is 4.90 Å². The fourth-order valence-electron chi connectivity index (χ4n) is 3.18. The molecule has 2 aromatic carbocycles. The lowest BCUT2D eigenvalue weighted by atomic mass is 10.2. The average molecular weight is 418 g/mol. The van der Waals surface area contributed by atoms with E-state index < -0.39 is 5.97 Å². The minimum Gasteiger partial charge on any atom is -0.488 e. The van der Waals surface area contributed by atoms with Gasteiger partial charge in [-0.15, -0.1) is 0 Å². The molecule has 3 rings (SSSR count). The molecule has 0 spiro atoms. The van der Waals surface area contributed by atoms with Gasteiger partial charge in [0.25, 0.3) is 5.91 Å². The van der Waals surface area contributed by atoms with Crippen molar-refractivity contribution in [3.63, 3.8) is 0 Å². The summed E-state index contributed by atoms with van der Waals surface area (Å²) in [6, 6.07) is 14.1. The number of rotatable bonds is 6. The SMILES string of the molecule is CC1CN(C(=O)COC(=O)c2ccccc2OCc2ccc(Cl)cc2)CC(C)O1. The third-order valence-electron chi connectivity index (χ3n) is 4.51. The molecule has 29 heavy (non-hydrogen) atoms. The first kappa shape index (κ1) is 21.1. The van der Waals surface area contributed by atoms with Gasteiger partial charge < -0.3 is 19.1 Å². The van der Waals surface area contributed by atoms with Gasteiger partial charge >= 0.3 is 5.97 Å². The van der Waals surface area contributed by atoms with E-state index >= 15 is 0 Å². The van der Waals surface area contributed by atoms with Crippen LogP contribution in [0.5, 0.6) is 5.75 Å². The van der Waals surface area contributed by atoms with Gasteiger partial charge in [-0.3, -0.25) is 4.79 Å². The number of nitrogens with zero attached hydrogens (tertiary/aromatic N) is 1. The Morgan fingerprint density at radius 3 is 2.41 bits per heavy atom. The molecule has 2 unspecified atom stereocenters. The molecule has 6 nitrogen and oxygen atoms in total. The number of esters is 1. The highest BCUT2D eigenvalue weighted by Crippen LogP contribution is 2.21. The summed E-state index contributed by atoms with van der Waals surface area (Å²) in [4.78, 5) is 26.6. The van der Waals surface area contributed by atoms with Gasteiger partial charge in [0.2, 0.25) is 0 Å². The average Bonchev–Trinajstić information content (AvgIpc) is 2.71. The van der Waals surface area contributed by atoms with Crippen LogP contribution in [-0.2, 0) is 20.9 Å². The number of amides is 1. The van der Waals surface area contributed by atoms with Crippen LogP contribution in [0, 0.1) is 0 Å². The van der Waals surface area contributed by atoms with Crippen LogP contribution in [0.4, 0.5) is 0 Å². The van der Waals surface area contributed by atoms with E-state index in [1.54, 1.807) is 41.3 Å². The van der Waals surface area contributed by atoms with Gasteiger partial charge in [-0.1, -0.05) is 35.9 Å². The lowest BCUT2D eigenvalue weighted by Crippen LogP contribution is -2.49. The zero-order chi connectivity index (χ0) is 20.8. The number of carbonyl (C=O) groups excluding carboxylic acids is 2. The van der Waals surface area contributed by atoms with E-state index in [9.17, 15) is 9.59 Å². The predicted molar refractivity (Wildman–Crippen MR) is 109 cm³/mol. The van der Waals surface area contributed by atoms with Crippen molar-refractivity contribution in [3.05, 3.63) is 64.7 Å². The van der Waals surface area contributed by atoms with Crippen LogP contribution in [0.15, 0.2) is 48.5 Å². The summed E-state index contributed by atoms with van der Waals surface area (Å²) < 4.78 is 16.7. The number of carbonyl (C=O) groups is 2. The van der Waals surface area contributed by atoms with Gasteiger partial charge in [-0.05, 0) is 43.7 Å². The Morgan fingerprint density at radius 2 is 1.72 bits per heavy atom. The lowest BCUT2D eigenvalue weighted by molar-refractivity contribution is -0.146. The number of ether oxygens (including phenoxy) is 3. The van der Waals surface area contributed by atoms with Crippen LogP contribution in [0.3, 0.4) is 0 Å². The van der Waals surface area contributed by atoms with Crippen molar-refractivity contribution < 1.29 is 23.8 Å². The third-order valence-corrected chi connectivity index (χ3v) is 4.77. The van der Waals surface area contributed by atoms with Crippen LogP contribution < -0.4 is 4.74 Å². The van der Waals surface area contributed by atoms with Gasteiger partial charge in [-0.25, -0.2) is 4.79 Å². The fraction of sp³-hybridized carbons (Fsp3) is 0.364. The first-order chi connectivity index (χ1) is 13.9. The van der Waals surface area contributed by atoms with E-state index in [4.69, 9.17) is 25.8 Å². The molecule has 1 saturated heterocycles. The summed E-state index contributed by atoms with van der Waals surface area (Å²) in [6.07, 6.45) is -0.0826. The number of morpholine rings is 1. The number of halogens is 1. The van der Waals surface area contributed by atoms with E-state index in [1.165, 1.54) is 0 Å². The molecule has 0 aromatic heterocycles. The Bertz CT molecular complexity index is 845. The molecule has 1 heterocycles. The van der Waals surface area contributed by atoms with Crippen molar-refractivity contribution in [2.45, 2.75) is 32.7 Å². The quantitative estimate of drug-likeness (QED) is 0.670. The molecular formula is C22H24ClNO5. The zero-order valence-electron chi connectivity index (χ0n) is 16.5. The van der Waals surface area contributed by atoms with Crippen LogP contribution >= 0.6 is 11.6 Å². The zero-order valence-corrected chi connectivity index (χ0v) is 17.2. The summed E-state index contributed by atoms with van der Waals surface area (Å²) in [6.45, 7) is 4.77. The van der Waals surface area contributed by atoms with Gasteiger partial charge in [0.05, 0.1) is 12.2 Å². The Morgan fingerprint density at radius 1 is 1.07 bits per heavy atom. The van der Waals surface area contributed by atoms with E-state index in [0.29, 0.717) is 23.9 Å². The number of para-hydroxylation sites is 1. The van der Waals surface area contributed by atoms with Gasteiger partial charge in [0, 0.05) is 18.1 Å². The Hall–Kier alpha value is -2.57. The maximum atomic E-state index is 12.5. The number of hydrogen-bond donors (Lipinski definition) is 0. The van der Waals surface area contributed by atoms with Crippen molar-refractivity contribution in [1.29, 1.82) is 0 Å². The van der Waals surface area contributed by atoms with E-state index in [1.807, 2.05) is 26.0 Å². The minimum atomic E-state index is -0.598. The molecule has 2 aromatic rings. The third kappa shape index (κ3) is 5.95. The normalized spacial score (nSPS) is 18.9. The highest BCUT2D eigenvalue weighted by Gasteiger charge is 2.26. The monoisotopic (exact) mass is 417 g/mol. The topological polar surface area (TPSA) is 65.1 Å². The Balaban J connectivity index is 1.58. The van der Waals surface area contributed by atoms with E-state index in [0.717, 1.165) is 5.56 Å². The predicted octanol–water partition coefficient (Wildman–Crippen LogP) is 3.71. The number of hydrogen-bond acceptors (Lipinski definition) is 5. The molecule has 1 amide bonds. The van der Waals surface area contributed by atoms with Crippen molar-refractivity contribution >= 4 is 23.5 Å². The summed E-state index contributed by atoms with van der Waals surface area (Å²) in [7, 11) is 0. The smallest absolute Gasteiger partial charge is 0.342 e. The Labute approximate surface area is 175 Å². The highest BCUT2D eigenvalue weighted by atomic mass is 35.5. The molecule has 1 aliphatic rings. The largest absolute Gasteiger partial charge is 0.488 e. The highest BCUT2D eigenvalue weighted by molar-refractivity contribution is 6.30. The molecule has 0 saturated carbocycles. The molecule has 2 atom stereocenters. The second kappa shape index (κ2) is 9.76. The summed E-state index contributed by atoms with van der Waals surface area (Å²) >= 11 is 5.89. The molecule has 154 valence electrons. The van der Waals surface area contributed by atoms with Gasteiger partial charge in [-0.2, -0.15) is 0 Å². The first-order valence-electron chi connectivity index (χ1n) is 9.49. The maximum Gasteiger partial charge on any atom is 0.342 e. The van der Waals surface area contributed by atoms with E-state index in [2.05, 4.69) is 0 Å². The number of benzene rings is 2. The van der Waals surface area contributed by atoms with Crippen LogP contribution in [0.1, 0.15) is 29.8 Å². The fourth-order valence-corrected chi connectivity index (χ4v) is 3.31. The van der Waals surface area contributed by atoms with Crippen LogP contribution in [-0.4, -0.2) is 48.7 Å². The summed E-state index contributed by atoms with van der Waals surface area (Å²) in [5.41, 5.74) is 1.20. The van der Waals surface area contributed by atoms with Gasteiger partial charge in [0.1, 0.15) is 17.9 Å². The molecule has 7 heteroatoms. The minimum absolute atomic E-state index is 0.0413. The molecular weight excluding hydrogens is 394 g/mol. The molecule has 0 N–H and O–H groups in total. The second-order valence-electron chi connectivity index (χ2n) is 7.04. The molecule has 0 radical (unpaired) electrons. The van der Waals surface area contributed by atoms with Crippen LogP contribution in [0.2, 0.25) is 5.02 Å². The molecule has 1 aliphatic heterocycles. The molecule has 0 aliphatic carbocycles. The summed E-state index contributed by atoms with van der Waals surface area (Å²) in [5, 5.41) is 0.645. The van der Waals surface area contributed by atoms with Crippen molar-refractivity contribution in [2.24, 2.45) is 0 Å². The maximum absolute atomic E-state index is 12.5. The molecule has 1 fully saturated rings. The first-order valence-corrected chi connectivity index (χ1v) is 9.87. The summed E-state index contributed by atoms with van der Waals surface area (Å²) in [5.74, 6) is -0.437. The van der Waals surface area contributed by atoms with Crippen molar-refractivity contribution in [2.75, 3.05) is 19.7 Å². The Kier molecular flexibility index (Phi) is 7.12. The van der Waals surface area contributed by atoms with Gasteiger partial charge in [0.15, 0.2) is 6.61 Å². The lowest BCUT2D eigenvalue weighted by Gasteiger charge is -2.35. The second-order valence-corrected chi connectivity index (χ2v) is 7.48. The van der Waals surface area contributed by atoms with E-state index in [-0.39, 0.29) is 36.9 Å². The standard InChI is InChI=1S/C22H24ClNO5/c1-15-11-24(12-16(2)29-15)21(25)14-28-22(26)19-5-3-4-6-20(19)27-13-17-7-9-18(23)10-8-17/h3-10,15-16H,11-14H2,1-2H3. The molecule has 0 bridgehead atoms. The van der Waals surface area contributed by atoms with Crippen LogP contribution in [0.25, 0.3) is 0 Å². The van der Waals surface area contributed by atoms with Crippen molar-refractivity contribution in [3.8, 4) is 5.75 Å².